The molecule has 0 fully saturated rings. The molecule has 7 nitrogen and oxygen atoms in total. The van der Waals surface area contributed by atoms with Gasteiger partial charge in [-0.2, -0.15) is 5.10 Å². The summed E-state index contributed by atoms with van der Waals surface area (Å²) in [6.07, 6.45) is -1.90. The fourth-order valence-corrected chi connectivity index (χ4v) is 3.25. The first-order valence-corrected chi connectivity index (χ1v) is 10.1. The molecule has 1 heterocycles. The summed E-state index contributed by atoms with van der Waals surface area (Å²) in [5.41, 5.74) is -0.401. The Labute approximate surface area is 192 Å². The number of rotatable bonds is 7. The molecule has 1 aromatic heterocycles. The number of hydrogen-bond acceptors (Lipinski definition) is 4. The summed E-state index contributed by atoms with van der Waals surface area (Å²) >= 11 is 0. The molecule has 2 aromatic carbocycles. The molecule has 11 heteroatoms. The highest BCUT2D eigenvalue weighted by atomic mass is 19.1. The minimum Gasteiger partial charge on any atom is -0.378 e. The first-order valence-electron chi connectivity index (χ1n) is 10.1. The molecule has 3 rings (SSSR count). The van der Waals surface area contributed by atoms with Crippen molar-refractivity contribution in [1.29, 1.82) is 0 Å². The van der Waals surface area contributed by atoms with Crippen molar-refractivity contribution < 1.29 is 32.3 Å². The number of carbonyl (C=O) groups is 2. The number of carbonyl (C=O) groups excluding carboxylic acids is 2. The number of halogens is 4. The third-order valence-electron chi connectivity index (χ3n) is 5.29. The standard InChI is InChI=1S/C23H22F4N4O3/c1-11(28-22(34)20(32)12-4-14(24)8-15(25)5-12)21(33)29-19-10-18(30-31-19)23(2,3)13-6-16(26)9-17(27)7-13/h4-11,20,32H,1-3H3,(H,28,34)(H2,29,30,31,33). The number of aliphatic hydroxyl groups is 1. The summed E-state index contributed by atoms with van der Waals surface area (Å²) in [5, 5.41) is 21.4. The van der Waals surface area contributed by atoms with Crippen LogP contribution in [-0.4, -0.2) is 33.2 Å². The zero-order valence-electron chi connectivity index (χ0n) is 18.4. The predicted octanol–water partition coefficient (Wildman–Crippen LogP) is 3.47. The number of benzene rings is 2. The van der Waals surface area contributed by atoms with Crippen molar-refractivity contribution in [3.05, 3.63) is 82.6 Å². The number of amides is 2. The lowest BCUT2D eigenvalue weighted by Gasteiger charge is -2.23. The van der Waals surface area contributed by atoms with E-state index in [2.05, 4.69) is 20.8 Å². The third-order valence-corrected chi connectivity index (χ3v) is 5.29. The molecular formula is C23H22F4N4O3. The monoisotopic (exact) mass is 478 g/mol. The van der Waals surface area contributed by atoms with Gasteiger partial charge in [-0.25, -0.2) is 17.6 Å². The molecule has 2 atom stereocenters. The lowest BCUT2D eigenvalue weighted by Crippen LogP contribution is -2.43. The number of nitrogens with one attached hydrogen (secondary N) is 3. The van der Waals surface area contributed by atoms with Crippen molar-refractivity contribution in [3.8, 4) is 0 Å². The van der Waals surface area contributed by atoms with Gasteiger partial charge in [-0.3, -0.25) is 14.7 Å². The number of aliphatic hydroxyl groups excluding tert-OH is 1. The molecule has 34 heavy (non-hydrogen) atoms. The second-order valence-electron chi connectivity index (χ2n) is 8.27. The van der Waals surface area contributed by atoms with E-state index in [4.69, 9.17) is 0 Å². The van der Waals surface area contributed by atoms with Crippen molar-refractivity contribution in [2.75, 3.05) is 5.32 Å². The summed E-state index contributed by atoms with van der Waals surface area (Å²) in [7, 11) is 0. The van der Waals surface area contributed by atoms with Crippen molar-refractivity contribution >= 4 is 17.6 Å². The highest BCUT2D eigenvalue weighted by Crippen LogP contribution is 2.32. The van der Waals surface area contributed by atoms with Crippen LogP contribution in [0.2, 0.25) is 0 Å². The first-order chi connectivity index (χ1) is 15.9. The molecule has 2 unspecified atom stereocenters. The molecule has 0 aliphatic heterocycles. The zero-order chi connectivity index (χ0) is 25.2. The number of anilines is 1. The van der Waals surface area contributed by atoms with Crippen molar-refractivity contribution in [2.45, 2.75) is 38.3 Å². The molecule has 4 N–H and O–H groups in total. The molecule has 180 valence electrons. The SMILES string of the molecule is CC(NC(=O)C(O)c1cc(F)cc(F)c1)C(=O)Nc1cc(C(C)(C)c2cc(F)cc(F)c2)[nH]n1. The van der Waals surface area contributed by atoms with E-state index in [1.54, 1.807) is 13.8 Å². The summed E-state index contributed by atoms with van der Waals surface area (Å²) in [6.45, 7) is 4.75. The Hall–Kier alpha value is -3.73. The maximum Gasteiger partial charge on any atom is 0.254 e. The number of aromatic nitrogens is 2. The van der Waals surface area contributed by atoms with E-state index >= 15 is 0 Å². The summed E-state index contributed by atoms with van der Waals surface area (Å²) in [6, 6.07) is 5.66. The molecule has 0 saturated heterocycles. The van der Waals surface area contributed by atoms with Crippen molar-refractivity contribution in [3.63, 3.8) is 0 Å². The van der Waals surface area contributed by atoms with E-state index in [0.29, 0.717) is 17.3 Å². The Morgan fingerprint density at radius 3 is 2.00 bits per heavy atom. The maximum absolute atomic E-state index is 13.6. The largest absolute Gasteiger partial charge is 0.378 e. The van der Waals surface area contributed by atoms with E-state index < -0.39 is 52.6 Å². The van der Waals surface area contributed by atoms with Gasteiger partial charge in [0.2, 0.25) is 5.91 Å². The van der Waals surface area contributed by atoms with Gasteiger partial charge in [0.25, 0.3) is 5.91 Å². The normalized spacial score (nSPS) is 13.3. The van der Waals surface area contributed by atoms with Crippen LogP contribution in [0.1, 0.15) is 43.7 Å². The van der Waals surface area contributed by atoms with Gasteiger partial charge in [0.05, 0.1) is 0 Å². The Bertz CT molecular complexity index is 1190. The number of nitrogens with zero attached hydrogens (tertiary/aromatic N) is 1. The van der Waals surface area contributed by atoms with Crippen LogP contribution < -0.4 is 10.6 Å². The maximum atomic E-state index is 13.6. The summed E-state index contributed by atoms with van der Waals surface area (Å²) in [4.78, 5) is 24.7. The van der Waals surface area contributed by atoms with Gasteiger partial charge < -0.3 is 15.7 Å². The minimum absolute atomic E-state index is 0.0822. The molecule has 0 radical (unpaired) electrons. The number of aromatic amines is 1. The Morgan fingerprint density at radius 2 is 1.44 bits per heavy atom. The van der Waals surface area contributed by atoms with Gasteiger partial charge in [0.15, 0.2) is 11.9 Å². The second kappa shape index (κ2) is 9.64. The quantitative estimate of drug-likeness (QED) is 0.390. The average Bonchev–Trinajstić information content (AvgIpc) is 3.21. The second-order valence-corrected chi connectivity index (χ2v) is 8.27. The Morgan fingerprint density at radius 1 is 0.912 bits per heavy atom. The molecule has 2 amide bonds. The molecule has 0 saturated carbocycles. The molecule has 3 aromatic rings. The van der Waals surface area contributed by atoms with E-state index in [1.165, 1.54) is 25.1 Å². The van der Waals surface area contributed by atoms with Crippen LogP contribution in [0.4, 0.5) is 23.4 Å². The van der Waals surface area contributed by atoms with Gasteiger partial charge in [0.1, 0.15) is 29.3 Å². The Balaban J connectivity index is 1.66. The molecule has 0 spiro atoms. The predicted molar refractivity (Wildman–Crippen MR) is 115 cm³/mol. The molecule has 0 aliphatic rings. The van der Waals surface area contributed by atoms with Gasteiger partial charge in [-0.1, -0.05) is 13.8 Å². The topological polar surface area (TPSA) is 107 Å². The molecular weight excluding hydrogens is 456 g/mol. The summed E-state index contributed by atoms with van der Waals surface area (Å²) in [5.74, 6) is -5.05. The lowest BCUT2D eigenvalue weighted by atomic mass is 9.81. The van der Waals surface area contributed by atoms with Crippen LogP contribution in [0, 0.1) is 23.3 Å². The highest BCUT2D eigenvalue weighted by Gasteiger charge is 2.28. The fourth-order valence-electron chi connectivity index (χ4n) is 3.25. The lowest BCUT2D eigenvalue weighted by molar-refractivity contribution is -0.132. The van der Waals surface area contributed by atoms with E-state index in [0.717, 1.165) is 18.2 Å². The van der Waals surface area contributed by atoms with Crippen LogP contribution in [0.25, 0.3) is 0 Å². The smallest absolute Gasteiger partial charge is 0.254 e. The van der Waals surface area contributed by atoms with Crippen molar-refractivity contribution in [1.82, 2.24) is 15.5 Å². The van der Waals surface area contributed by atoms with Gasteiger partial charge in [0, 0.05) is 29.3 Å². The van der Waals surface area contributed by atoms with Crippen LogP contribution in [0.3, 0.4) is 0 Å². The van der Waals surface area contributed by atoms with Crippen LogP contribution in [0.15, 0.2) is 42.5 Å². The van der Waals surface area contributed by atoms with Crippen LogP contribution in [0.5, 0.6) is 0 Å². The molecule has 0 bridgehead atoms. The van der Waals surface area contributed by atoms with E-state index in [-0.39, 0.29) is 11.4 Å². The first kappa shape index (κ1) is 24.9. The third kappa shape index (κ3) is 5.60. The van der Waals surface area contributed by atoms with Gasteiger partial charge in [-0.15, -0.1) is 0 Å². The Kier molecular flexibility index (Phi) is 7.06. The van der Waals surface area contributed by atoms with Gasteiger partial charge in [-0.05, 0) is 42.3 Å². The van der Waals surface area contributed by atoms with Gasteiger partial charge >= 0.3 is 0 Å². The molecule has 0 aliphatic carbocycles. The minimum atomic E-state index is -1.90. The highest BCUT2D eigenvalue weighted by molar-refractivity contribution is 5.97. The fraction of sp³-hybridized carbons (Fsp3) is 0.261. The van der Waals surface area contributed by atoms with E-state index in [9.17, 15) is 32.3 Å². The van der Waals surface area contributed by atoms with Crippen molar-refractivity contribution in [2.24, 2.45) is 0 Å². The summed E-state index contributed by atoms with van der Waals surface area (Å²) < 4.78 is 53.9. The number of hydrogen-bond donors (Lipinski definition) is 4. The average molecular weight is 478 g/mol. The van der Waals surface area contributed by atoms with E-state index in [1.807, 2.05) is 0 Å². The van der Waals surface area contributed by atoms with Crippen LogP contribution >= 0.6 is 0 Å². The van der Waals surface area contributed by atoms with Crippen LogP contribution in [-0.2, 0) is 15.0 Å². The number of H-pyrrole nitrogens is 1. The zero-order valence-corrected chi connectivity index (χ0v) is 18.4.